The summed E-state index contributed by atoms with van der Waals surface area (Å²) in [4.78, 5) is 12.5. The Morgan fingerprint density at radius 2 is 2.12 bits per heavy atom. The average Bonchev–Trinajstić information content (AvgIpc) is 3.15. The van der Waals surface area contributed by atoms with E-state index in [9.17, 15) is 0 Å². The molecule has 0 amide bonds. The van der Waals surface area contributed by atoms with Gasteiger partial charge in [-0.3, -0.25) is 0 Å². The van der Waals surface area contributed by atoms with Crippen molar-refractivity contribution in [2.75, 3.05) is 24.5 Å². The summed E-state index contributed by atoms with van der Waals surface area (Å²) in [7, 11) is 0. The van der Waals surface area contributed by atoms with Gasteiger partial charge in [-0.15, -0.1) is 11.8 Å². The van der Waals surface area contributed by atoms with Gasteiger partial charge in [-0.25, -0.2) is 9.97 Å². The van der Waals surface area contributed by atoms with Crippen molar-refractivity contribution in [1.82, 2.24) is 15.3 Å². The Hall–Kier alpha value is -0.810. The van der Waals surface area contributed by atoms with Crippen LogP contribution in [-0.4, -0.2) is 40.9 Å². The fraction of sp³-hybridized carbons (Fsp3) is 0.667. The Kier molecular flexibility index (Phi) is 3.20. The lowest BCUT2D eigenvalue weighted by atomic mass is 10.2. The summed E-state index contributed by atoms with van der Waals surface area (Å²) in [6.07, 6.45) is 6.64. The average molecular weight is 250 g/mol. The second-order valence-electron chi connectivity index (χ2n) is 4.78. The Labute approximate surface area is 106 Å². The fourth-order valence-corrected chi connectivity index (χ4v) is 3.02. The van der Waals surface area contributed by atoms with E-state index < -0.39 is 0 Å². The van der Waals surface area contributed by atoms with Crippen molar-refractivity contribution in [3.63, 3.8) is 0 Å². The molecule has 1 saturated heterocycles. The molecule has 2 fully saturated rings. The summed E-state index contributed by atoms with van der Waals surface area (Å²) in [5.41, 5.74) is 0. The molecule has 1 atom stereocenters. The maximum atomic E-state index is 4.50. The molecule has 1 unspecified atom stereocenters. The largest absolute Gasteiger partial charge is 0.336 e. The molecule has 5 heteroatoms. The van der Waals surface area contributed by atoms with Crippen LogP contribution < -0.4 is 10.2 Å². The molecule has 1 saturated carbocycles. The summed E-state index contributed by atoms with van der Waals surface area (Å²) >= 11 is 1.91. The first-order valence-electron chi connectivity index (χ1n) is 6.29. The third-order valence-electron chi connectivity index (χ3n) is 3.20. The topological polar surface area (TPSA) is 41.0 Å². The molecule has 2 heterocycles. The first-order chi connectivity index (χ1) is 8.33. The number of nitrogens with zero attached hydrogens (tertiary/aromatic N) is 3. The Balaban J connectivity index is 1.69. The monoisotopic (exact) mass is 250 g/mol. The predicted molar refractivity (Wildman–Crippen MR) is 70.6 cm³/mol. The SMILES string of the molecule is CC1CNCCN1c1ncc(SC2CC2)cn1. The van der Waals surface area contributed by atoms with E-state index in [4.69, 9.17) is 0 Å². The highest BCUT2D eigenvalue weighted by Crippen LogP contribution is 2.38. The molecule has 0 aromatic carbocycles. The molecule has 0 bridgehead atoms. The Morgan fingerprint density at radius 1 is 1.35 bits per heavy atom. The van der Waals surface area contributed by atoms with Gasteiger partial charge in [0.05, 0.1) is 0 Å². The van der Waals surface area contributed by atoms with Crippen molar-refractivity contribution in [2.24, 2.45) is 0 Å². The van der Waals surface area contributed by atoms with Crippen molar-refractivity contribution in [1.29, 1.82) is 0 Å². The molecule has 0 spiro atoms. The highest BCUT2D eigenvalue weighted by Gasteiger charge is 2.23. The van der Waals surface area contributed by atoms with Crippen LogP contribution in [0.1, 0.15) is 19.8 Å². The number of thioether (sulfide) groups is 1. The van der Waals surface area contributed by atoms with Gasteiger partial charge in [0.2, 0.25) is 5.95 Å². The number of rotatable bonds is 3. The number of aromatic nitrogens is 2. The number of hydrogen-bond acceptors (Lipinski definition) is 5. The van der Waals surface area contributed by atoms with Crippen LogP contribution in [0.5, 0.6) is 0 Å². The van der Waals surface area contributed by atoms with E-state index in [1.165, 1.54) is 17.7 Å². The summed E-state index contributed by atoms with van der Waals surface area (Å²) in [6.45, 7) is 5.24. The number of nitrogens with one attached hydrogen (secondary N) is 1. The molecule has 92 valence electrons. The first-order valence-corrected chi connectivity index (χ1v) is 7.17. The van der Waals surface area contributed by atoms with Crippen LogP contribution in [0.4, 0.5) is 5.95 Å². The summed E-state index contributed by atoms with van der Waals surface area (Å²) in [5, 5.41) is 4.20. The van der Waals surface area contributed by atoms with Crippen molar-refractivity contribution < 1.29 is 0 Å². The van der Waals surface area contributed by atoms with Crippen LogP contribution in [0.15, 0.2) is 17.3 Å². The molecule has 3 rings (SSSR count). The van der Waals surface area contributed by atoms with E-state index in [-0.39, 0.29) is 0 Å². The Bertz CT molecular complexity index is 377. The molecule has 1 aromatic heterocycles. The van der Waals surface area contributed by atoms with Gasteiger partial charge in [0, 0.05) is 48.2 Å². The molecule has 17 heavy (non-hydrogen) atoms. The van der Waals surface area contributed by atoms with Crippen molar-refractivity contribution in [3.05, 3.63) is 12.4 Å². The van der Waals surface area contributed by atoms with Crippen molar-refractivity contribution >= 4 is 17.7 Å². The van der Waals surface area contributed by atoms with E-state index >= 15 is 0 Å². The predicted octanol–water partition coefficient (Wildman–Crippen LogP) is 1.53. The second-order valence-corrected chi connectivity index (χ2v) is 6.16. The fourth-order valence-electron chi connectivity index (χ4n) is 2.04. The molecule has 4 nitrogen and oxygen atoms in total. The van der Waals surface area contributed by atoms with Gasteiger partial charge >= 0.3 is 0 Å². The van der Waals surface area contributed by atoms with Crippen molar-refractivity contribution in [2.45, 2.75) is 36.0 Å². The first kappa shape index (κ1) is 11.3. The van der Waals surface area contributed by atoms with Crippen LogP contribution in [0.25, 0.3) is 0 Å². The van der Waals surface area contributed by atoms with Gasteiger partial charge in [0.1, 0.15) is 0 Å². The van der Waals surface area contributed by atoms with Crippen LogP contribution >= 0.6 is 11.8 Å². The van der Waals surface area contributed by atoms with Crippen LogP contribution in [-0.2, 0) is 0 Å². The molecule has 0 radical (unpaired) electrons. The van der Waals surface area contributed by atoms with E-state index in [1.54, 1.807) is 0 Å². The van der Waals surface area contributed by atoms with Gasteiger partial charge < -0.3 is 10.2 Å². The maximum Gasteiger partial charge on any atom is 0.225 e. The minimum Gasteiger partial charge on any atom is -0.336 e. The van der Waals surface area contributed by atoms with Crippen molar-refractivity contribution in [3.8, 4) is 0 Å². The molecule has 1 aliphatic carbocycles. The summed E-state index contributed by atoms with van der Waals surface area (Å²) < 4.78 is 0. The van der Waals surface area contributed by atoms with E-state index in [1.807, 2.05) is 24.2 Å². The lowest BCUT2D eigenvalue weighted by Crippen LogP contribution is -2.50. The maximum absolute atomic E-state index is 4.50. The van der Waals surface area contributed by atoms with Gasteiger partial charge in [0.25, 0.3) is 0 Å². The molecule has 1 N–H and O–H groups in total. The molecular formula is C12H18N4S. The highest BCUT2D eigenvalue weighted by molar-refractivity contribution is 8.00. The smallest absolute Gasteiger partial charge is 0.225 e. The molecule has 1 aromatic rings. The summed E-state index contributed by atoms with van der Waals surface area (Å²) in [5.74, 6) is 0.874. The Morgan fingerprint density at radius 3 is 2.76 bits per heavy atom. The molecule has 1 aliphatic heterocycles. The summed E-state index contributed by atoms with van der Waals surface area (Å²) in [6, 6.07) is 0.477. The van der Waals surface area contributed by atoms with Crippen LogP contribution in [0, 0.1) is 0 Å². The van der Waals surface area contributed by atoms with Crippen LogP contribution in [0.3, 0.4) is 0 Å². The van der Waals surface area contributed by atoms with E-state index in [0.717, 1.165) is 30.8 Å². The standard InChI is InChI=1S/C12H18N4S/c1-9-6-13-4-5-16(9)12-14-7-11(8-15-12)17-10-2-3-10/h7-10,13H,2-6H2,1H3. The van der Waals surface area contributed by atoms with E-state index in [2.05, 4.69) is 27.1 Å². The van der Waals surface area contributed by atoms with Gasteiger partial charge in [0.15, 0.2) is 0 Å². The minimum absolute atomic E-state index is 0.477. The van der Waals surface area contributed by atoms with Gasteiger partial charge in [-0.05, 0) is 19.8 Å². The normalized spacial score (nSPS) is 25.0. The minimum atomic E-state index is 0.477. The number of piperazine rings is 1. The zero-order valence-corrected chi connectivity index (χ0v) is 10.9. The van der Waals surface area contributed by atoms with E-state index in [0.29, 0.717) is 6.04 Å². The second kappa shape index (κ2) is 4.82. The third-order valence-corrected chi connectivity index (χ3v) is 4.49. The number of hydrogen-bond donors (Lipinski definition) is 1. The third kappa shape index (κ3) is 2.72. The zero-order valence-electron chi connectivity index (χ0n) is 10.1. The quantitative estimate of drug-likeness (QED) is 0.881. The lowest BCUT2D eigenvalue weighted by molar-refractivity contribution is 0.492. The molecule has 2 aliphatic rings. The lowest BCUT2D eigenvalue weighted by Gasteiger charge is -2.33. The highest BCUT2D eigenvalue weighted by atomic mass is 32.2. The molecular weight excluding hydrogens is 232 g/mol. The zero-order chi connectivity index (χ0) is 11.7. The van der Waals surface area contributed by atoms with Crippen LogP contribution in [0.2, 0.25) is 0 Å². The van der Waals surface area contributed by atoms with Gasteiger partial charge in [-0.1, -0.05) is 0 Å². The number of anilines is 1. The van der Waals surface area contributed by atoms with Gasteiger partial charge in [-0.2, -0.15) is 0 Å².